The summed E-state index contributed by atoms with van der Waals surface area (Å²) in [6, 6.07) is 7.98. The Labute approximate surface area is 115 Å². The van der Waals surface area contributed by atoms with E-state index < -0.39 is 0 Å². The van der Waals surface area contributed by atoms with Crippen molar-refractivity contribution < 1.29 is 9.53 Å². The molecule has 1 aliphatic rings. The zero-order valence-electron chi connectivity index (χ0n) is 10.3. The molecule has 18 heavy (non-hydrogen) atoms. The van der Waals surface area contributed by atoms with Crippen LogP contribution in [0.5, 0.6) is 0 Å². The van der Waals surface area contributed by atoms with Gasteiger partial charge in [0.1, 0.15) is 0 Å². The van der Waals surface area contributed by atoms with E-state index in [1.165, 1.54) is 7.11 Å². The maximum absolute atomic E-state index is 11.7. The van der Waals surface area contributed by atoms with Crippen molar-refractivity contribution in [3.63, 3.8) is 0 Å². The monoisotopic (exact) mass is 309 g/mol. The fourth-order valence-corrected chi connectivity index (χ4v) is 2.55. The van der Waals surface area contributed by atoms with Crippen molar-refractivity contribution in [2.45, 2.75) is 25.3 Å². The maximum Gasteiger partial charge on any atom is 0.335 e. The lowest BCUT2D eigenvalue weighted by Crippen LogP contribution is -2.29. The Morgan fingerprint density at radius 2 is 2.33 bits per heavy atom. The molecule has 1 N–H and O–H groups in total. The molecule has 1 aliphatic carbocycles. The van der Waals surface area contributed by atoms with Crippen LogP contribution in [-0.4, -0.2) is 19.1 Å². The standard InChI is InChI=1S/C14H16BrNO2/c1-18-14(17)12-7-2-3-8-13(12)16-11-6-4-5-10(15)9-11/h4-7,9,13,16H,2-3,8H2,1H3/t13-/m0/s1. The molecule has 3 nitrogen and oxygen atoms in total. The maximum atomic E-state index is 11.7. The van der Waals surface area contributed by atoms with Crippen molar-refractivity contribution >= 4 is 27.6 Å². The van der Waals surface area contributed by atoms with E-state index in [1.54, 1.807) is 0 Å². The summed E-state index contributed by atoms with van der Waals surface area (Å²) in [6.45, 7) is 0. The normalized spacial score (nSPS) is 19.0. The van der Waals surface area contributed by atoms with Crippen LogP contribution in [0.2, 0.25) is 0 Å². The molecule has 0 amide bonds. The fourth-order valence-electron chi connectivity index (χ4n) is 2.15. The number of ether oxygens (including phenoxy) is 1. The Hall–Kier alpha value is -1.29. The lowest BCUT2D eigenvalue weighted by molar-refractivity contribution is -0.136. The number of carbonyl (C=O) groups is 1. The molecule has 0 saturated carbocycles. The minimum Gasteiger partial charge on any atom is -0.466 e. The topological polar surface area (TPSA) is 38.3 Å². The molecule has 1 aromatic rings. The van der Waals surface area contributed by atoms with Crippen molar-refractivity contribution in [2.75, 3.05) is 12.4 Å². The number of rotatable bonds is 3. The van der Waals surface area contributed by atoms with E-state index in [0.29, 0.717) is 0 Å². The van der Waals surface area contributed by atoms with Gasteiger partial charge in [0.05, 0.1) is 18.7 Å². The van der Waals surface area contributed by atoms with Gasteiger partial charge in [0.15, 0.2) is 0 Å². The van der Waals surface area contributed by atoms with Gasteiger partial charge in [0.2, 0.25) is 0 Å². The SMILES string of the molecule is COC(=O)C1=CCCC[C@@H]1Nc1cccc(Br)c1. The number of hydrogen-bond donors (Lipinski definition) is 1. The predicted molar refractivity (Wildman–Crippen MR) is 75.5 cm³/mol. The van der Waals surface area contributed by atoms with Gasteiger partial charge in [-0.3, -0.25) is 0 Å². The summed E-state index contributed by atoms with van der Waals surface area (Å²) in [4.78, 5) is 11.7. The first kappa shape index (κ1) is 13.1. The predicted octanol–water partition coefficient (Wildman–Crippen LogP) is 3.51. The van der Waals surface area contributed by atoms with Crippen molar-refractivity contribution in [2.24, 2.45) is 0 Å². The second-order valence-electron chi connectivity index (χ2n) is 4.29. The van der Waals surface area contributed by atoms with Crippen molar-refractivity contribution in [1.29, 1.82) is 0 Å². The molecule has 2 rings (SSSR count). The van der Waals surface area contributed by atoms with E-state index in [1.807, 2.05) is 30.3 Å². The van der Waals surface area contributed by atoms with Crippen molar-refractivity contribution in [3.8, 4) is 0 Å². The Balaban J connectivity index is 2.14. The zero-order valence-corrected chi connectivity index (χ0v) is 11.9. The molecule has 0 radical (unpaired) electrons. The Bertz CT molecular complexity index is 471. The largest absolute Gasteiger partial charge is 0.466 e. The summed E-state index contributed by atoms with van der Waals surface area (Å²) in [5, 5.41) is 3.39. The second-order valence-corrected chi connectivity index (χ2v) is 5.20. The Kier molecular flexibility index (Phi) is 4.42. The van der Waals surface area contributed by atoms with Gasteiger partial charge < -0.3 is 10.1 Å². The molecule has 0 spiro atoms. The van der Waals surface area contributed by atoms with Gasteiger partial charge in [0, 0.05) is 10.2 Å². The highest BCUT2D eigenvalue weighted by Gasteiger charge is 2.23. The van der Waals surface area contributed by atoms with Crippen LogP contribution in [0.3, 0.4) is 0 Å². The van der Waals surface area contributed by atoms with Crippen LogP contribution >= 0.6 is 15.9 Å². The first-order chi connectivity index (χ1) is 8.70. The van der Waals surface area contributed by atoms with Crippen LogP contribution in [0, 0.1) is 0 Å². The number of nitrogens with one attached hydrogen (secondary N) is 1. The summed E-state index contributed by atoms with van der Waals surface area (Å²) in [7, 11) is 1.42. The summed E-state index contributed by atoms with van der Waals surface area (Å²) >= 11 is 3.44. The van der Waals surface area contributed by atoms with Crippen LogP contribution in [0.25, 0.3) is 0 Å². The molecule has 0 bridgehead atoms. The molecule has 1 aromatic carbocycles. The number of methoxy groups -OCH3 is 1. The number of anilines is 1. The van der Waals surface area contributed by atoms with Gasteiger partial charge in [0.25, 0.3) is 0 Å². The van der Waals surface area contributed by atoms with Crippen molar-refractivity contribution in [3.05, 3.63) is 40.4 Å². The van der Waals surface area contributed by atoms with Crippen molar-refractivity contribution in [1.82, 2.24) is 0 Å². The van der Waals surface area contributed by atoms with Crippen LogP contribution in [0.1, 0.15) is 19.3 Å². The third-order valence-corrected chi connectivity index (χ3v) is 3.52. The van der Waals surface area contributed by atoms with Crippen LogP contribution < -0.4 is 5.32 Å². The second kappa shape index (κ2) is 6.05. The summed E-state index contributed by atoms with van der Waals surface area (Å²) in [6.07, 6.45) is 4.96. The molecule has 1 atom stereocenters. The third-order valence-electron chi connectivity index (χ3n) is 3.02. The summed E-state index contributed by atoms with van der Waals surface area (Å²) < 4.78 is 5.85. The quantitative estimate of drug-likeness (QED) is 0.868. The number of allylic oxidation sites excluding steroid dienone is 1. The molecule has 0 fully saturated rings. The van der Waals surface area contributed by atoms with Gasteiger partial charge in [-0.1, -0.05) is 28.1 Å². The zero-order chi connectivity index (χ0) is 13.0. The average molecular weight is 310 g/mol. The third kappa shape index (κ3) is 3.13. The van der Waals surface area contributed by atoms with Gasteiger partial charge in [-0.05, 0) is 37.5 Å². The van der Waals surface area contributed by atoms with Gasteiger partial charge >= 0.3 is 5.97 Å². The first-order valence-electron chi connectivity index (χ1n) is 6.01. The number of hydrogen-bond acceptors (Lipinski definition) is 3. The minimum atomic E-state index is -0.234. The van der Waals surface area contributed by atoms with E-state index in [-0.39, 0.29) is 12.0 Å². The number of halogens is 1. The molecule has 0 heterocycles. The minimum absolute atomic E-state index is 0.0421. The smallest absolute Gasteiger partial charge is 0.335 e. The van der Waals surface area contributed by atoms with E-state index in [0.717, 1.165) is 35.0 Å². The van der Waals surface area contributed by atoms with Crippen LogP contribution in [0.15, 0.2) is 40.4 Å². The highest BCUT2D eigenvalue weighted by atomic mass is 79.9. The molecule has 0 aromatic heterocycles. The lowest BCUT2D eigenvalue weighted by atomic mass is 9.94. The molecule has 96 valence electrons. The Morgan fingerprint density at radius 1 is 1.50 bits per heavy atom. The summed E-state index contributed by atoms with van der Waals surface area (Å²) in [5.74, 6) is -0.234. The lowest BCUT2D eigenvalue weighted by Gasteiger charge is -2.24. The van der Waals surface area contributed by atoms with E-state index >= 15 is 0 Å². The Morgan fingerprint density at radius 3 is 3.06 bits per heavy atom. The molecular weight excluding hydrogens is 294 g/mol. The number of benzene rings is 1. The van der Waals surface area contributed by atoms with E-state index in [9.17, 15) is 4.79 Å². The van der Waals surface area contributed by atoms with Gasteiger partial charge in [-0.2, -0.15) is 0 Å². The molecule has 0 unspecified atom stereocenters. The molecular formula is C14H16BrNO2. The fraction of sp³-hybridized carbons (Fsp3) is 0.357. The first-order valence-corrected chi connectivity index (χ1v) is 6.80. The highest BCUT2D eigenvalue weighted by molar-refractivity contribution is 9.10. The molecule has 4 heteroatoms. The average Bonchev–Trinajstić information content (AvgIpc) is 2.38. The highest BCUT2D eigenvalue weighted by Crippen LogP contribution is 2.24. The van der Waals surface area contributed by atoms with Crippen LogP contribution in [-0.2, 0) is 9.53 Å². The van der Waals surface area contributed by atoms with Gasteiger partial charge in [-0.25, -0.2) is 4.79 Å². The van der Waals surface area contributed by atoms with E-state index in [2.05, 4.69) is 21.2 Å². The van der Waals surface area contributed by atoms with Crippen LogP contribution in [0.4, 0.5) is 5.69 Å². The number of esters is 1. The molecule has 0 saturated heterocycles. The van der Waals surface area contributed by atoms with Gasteiger partial charge in [-0.15, -0.1) is 0 Å². The summed E-state index contributed by atoms with van der Waals surface area (Å²) in [5.41, 5.74) is 1.75. The van der Waals surface area contributed by atoms with E-state index in [4.69, 9.17) is 4.74 Å². The number of carbonyl (C=O) groups excluding carboxylic acids is 1. The molecule has 0 aliphatic heterocycles.